The summed E-state index contributed by atoms with van der Waals surface area (Å²) in [5.41, 5.74) is 4.23. The fraction of sp³-hybridized carbons (Fsp3) is 0.250. The summed E-state index contributed by atoms with van der Waals surface area (Å²) in [5, 5.41) is 17.2. The number of aromatic nitrogens is 3. The Kier molecular flexibility index (Phi) is 2.45. The molecule has 0 bridgehead atoms. The zero-order valence-electron chi connectivity index (χ0n) is 9.52. The molecule has 0 spiro atoms. The van der Waals surface area contributed by atoms with E-state index in [0.717, 1.165) is 16.8 Å². The highest BCUT2D eigenvalue weighted by Crippen LogP contribution is 2.13. The van der Waals surface area contributed by atoms with E-state index in [1.807, 2.05) is 32.0 Å². The van der Waals surface area contributed by atoms with Crippen molar-refractivity contribution in [2.24, 2.45) is 0 Å². The molecule has 0 N–H and O–H groups in total. The molecule has 1 heterocycles. The van der Waals surface area contributed by atoms with E-state index in [1.165, 1.54) is 4.80 Å². The van der Waals surface area contributed by atoms with Crippen LogP contribution in [0.15, 0.2) is 18.2 Å². The minimum Gasteiger partial charge on any atom is -0.191 e. The van der Waals surface area contributed by atoms with E-state index in [-0.39, 0.29) is 0 Å². The summed E-state index contributed by atoms with van der Waals surface area (Å²) in [6, 6.07) is 8.10. The molecule has 0 atom stereocenters. The number of nitriles is 1. The van der Waals surface area contributed by atoms with Gasteiger partial charge in [-0.2, -0.15) is 15.2 Å². The average molecular weight is 212 g/mol. The van der Waals surface area contributed by atoms with Crippen molar-refractivity contribution in [1.29, 1.82) is 5.26 Å². The van der Waals surface area contributed by atoms with Gasteiger partial charge in [-0.05, 0) is 44.0 Å². The molecule has 0 fully saturated rings. The van der Waals surface area contributed by atoms with Crippen LogP contribution in [0.5, 0.6) is 0 Å². The Labute approximate surface area is 94.1 Å². The van der Waals surface area contributed by atoms with Gasteiger partial charge in [-0.1, -0.05) is 6.07 Å². The topological polar surface area (TPSA) is 54.5 Å². The summed E-state index contributed by atoms with van der Waals surface area (Å²) >= 11 is 0. The molecule has 2 rings (SSSR count). The number of benzene rings is 1. The number of hydrogen-bond donors (Lipinski definition) is 0. The molecule has 0 unspecified atom stereocenters. The average Bonchev–Trinajstić information content (AvgIpc) is 2.58. The van der Waals surface area contributed by atoms with E-state index in [1.54, 1.807) is 6.92 Å². The molecular formula is C12H12N4. The molecule has 1 aromatic carbocycles. The molecule has 0 radical (unpaired) electrons. The first kappa shape index (κ1) is 10.4. The van der Waals surface area contributed by atoms with Crippen molar-refractivity contribution in [3.63, 3.8) is 0 Å². The van der Waals surface area contributed by atoms with Crippen LogP contribution in [0.1, 0.15) is 22.5 Å². The van der Waals surface area contributed by atoms with Crippen LogP contribution in [-0.4, -0.2) is 15.0 Å². The van der Waals surface area contributed by atoms with E-state index in [0.29, 0.717) is 11.4 Å². The van der Waals surface area contributed by atoms with Crippen LogP contribution in [0.2, 0.25) is 0 Å². The molecule has 0 aliphatic carbocycles. The lowest BCUT2D eigenvalue weighted by Crippen LogP contribution is -2.00. The molecule has 0 amide bonds. The van der Waals surface area contributed by atoms with E-state index in [4.69, 9.17) is 5.26 Å². The van der Waals surface area contributed by atoms with Crippen LogP contribution in [0, 0.1) is 32.1 Å². The monoisotopic (exact) mass is 212 g/mol. The second-order valence-electron chi connectivity index (χ2n) is 3.88. The molecular weight excluding hydrogens is 200 g/mol. The summed E-state index contributed by atoms with van der Waals surface area (Å²) in [4.78, 5) is 1.51. The van der Waals surface area contributed by atoms with Crippen LogP contribution in [-0.2, 0) is 0 Å². The molecule has 4 heteroatoms. The highest BCUT2D eigenvalue weighted by atomic mass is 15.5. The van der Waals surface area contributed by atoms with E-state index in [9.17, 15) is 0 Å². The van der Waals surface area contributed by atoms with Gasteiger partial charge < -0.3 is 0 Å². The lowest BCUT2D eigenvalue weighted by atomic mass is 10.1. The van der Waals surface area contributed by atoms with Crippen molar-refractivity contribution in [1.82, 2.24) is 15.0 Å². The smallest absolute Gasteiger partial charge is 0.186 e. The Morgan fingerprint density at radius 3 is 2.19 bits per heavy atom. The van der Waals surface area contributed by atoms with Crippen molar-refractivity contribution < 1.29 is 0 Å². The molecule has 0 saturated heterocycles. The Balaban J connectivity index is 2.55. The third kappa shape index (κ3) is 1.80. The van der Waals surface area contributed by atoms with Crippen LogP contribution < -0.4 is 0 Å². The predicted molar refractivity (Wildman–Crippen MR) is 60.3 cm³/mol. The van der Waals surface area contributed by atoms with Crippen LogP contribution in [0.25, 0.3) is 5.69 Å². The fourth-order valence-corrected chi connectivity index (χ4v) is 1.66. The Bertz CT molecular complexity index is 555. The third-order valence-electron chi connectivity index (χ3n) is 2.33. The number of hydrogen-bond acceptors (Lipinski definition) is 3. The maximum absolute atomic E-state index is 8.82. The van der Waals surface area contributed by atoms with Gasteiger partial charge >= 0.3 is 0 Å². The Morgan fingerprint density at radius 1 is 1.06 bits per heavy atom. The lowest BCUT2D eigenvalue weighted by Gasteiger charge is -2.02. The van der Waals surface area contributed by atoms with Crippen LogP contribution in [0.3, 0.4) is 0 Å². The summed E-state index contributed by atoms with van der Waals surface area (Å²) in [6.07, 6.45) is 0. The normalized spacial score (nSPS) is 10.1. The second-order valence-corrected chi connectivity index (χ2v) is 3.88. The molecule has 16 heavy (non-hydrogen) atoms. The van der Waals surface area contributed by atoms with E-state index in [2.05, 4.69) is 16.3 Å². The second kappa shape index (κ2) is 3.78. The third-order valence-corrected chi connectivity index (χ3v) is 2.33. The quantitative estimate of drug-likeness (QED) is 0.727. The van der Waals surface area contributed by atoms with E-state index >= 15 is 0 Å². The summed E-state index contributed by atoms with van der Waals surface area (Å²) in [7, 11) is 0. The zero-order chi connectivity index (χ0) is 11.7. The highest BCUT2D eigenvalue weighted by Gasteiger charge is 2.07. The molecule has 0 saturated carbocycles. The Morgan fingerprint density at radius 2 is 1.69 bits per heavy atom. The van der Waals surface area contributed by atoms with Crippen molar-refractivity contribution in [3.8, 4) is 11.8 Å². The zero-order valence-corrected chi connectivity index (χ0v) is 9.52. The molecule has 1 aromatic heterocycles. The van der Waals surface area contributed by atoms with Crippen molar-refractivity contribution >= 4 is 0 Å². The minimum absolute atomic E-state index is 0.374. The number of nitrogens with zero attached hydrogens (tertiary/aromatic N) is 4. The van der Waals surface area contributed by atoms with Crippen LogP contribution in [0.4, 0.5) is 0 Å². The van der Waals surface area contributed by atoms with Gasteiger partial charge in [0, 0.05) is 0 Å². The van der Waals surface area contributed by atoms with Gasteiger partial charge in [0.25, 0.3) is 0 Å². The van der Waals surface area contributed by atoms with E-state index < -0.39 is 0 Å². The van der Waals surface area contributed by atoms with Crippen molar-refractivity contribution in [2.45, 2.75) is 20.8 Å². The van der Waals surface area contributed by atoms with Gasteiger partial charge in [0.2, 0.25) is 0 Å². The van der Waals surface area contributed by atoms with Gasteiger partial charge in [0.1, 0.15) is 6.07 Å². The first-order valence-electron chi connectivity index (χ1n) is 5.03. The standard InChI is InChI=1S/C12H12N4/c1-8-4-9(2)6-11(5-8)16-14-10(3)12(7-13)15-16/h4-6H,1-3H3. The minimum atomic E-state index is 0.374. The number of rotatable bonds is 1. The summed E-state index contributed by atoms with van der Waals surface area (Å²) in [5.74, 6) is 0. The van der Waals surface area contributed by atoms with Gasteiger partial charge in [-0.25, -0.2) is 0 Å². The first-order chi connectivity index (χ1) is 7.60. The molecule has 0 aliphatic heterocycles. The maximum atomic E-state index is 8.82. The fourth-order valence-electron chi connectivity index (χ4n) is 1.66. The number of aryl methyl sites for hydroxylation is 3. The SMILES string of the molecule is Cc1cc(C)cc(-n2nc(C)c(C#N)n2)c1. The largest absolute Gasteiger partial charge is 0.191 e. The highest BCUT2D eigenvalue weighted by molar-refractivity contribution is 5.38. The van der Waals surface area contributed by atoms with Crippen molar-refractivity contribution in [3.05, 3.63) is 40.7 Å². The van der Waals surface area contributed by atoms with Gasteiger partial charge in [-0.15, -0.1) is 5.10 Å². The molecule has 4 nitrogen and oxygen atoms in total. The molecule has 80 valence electrons. The van der Waals surface area contributed by atoms with Crippen LogP contribution >= 0.6 is 0 Å². The summed E-state index contributed by atoms with van der Waals surface area (Å²) < 4.78 is 0. The first-order valence-corrected chi connectivity index (χ1v) is 5.03. The molecule has 2 aromatic rings. The van der Waals surface area contributed by atoms with Crippen molar-refractivity contribution in [2.75, 3.05) is 0 Å². The lowest BCUT2D eigenvalue weighted by molar-refractivity contribution is 0.742. The molecule has 0 aliphatic rings. The van der Waals surface area contributed by atoms with Gasteiger partial charge in [0.05, 0.1) is 11.4 Å². The predicted octanol–water partition coefficient (Wildman–Crippen LogP) is 2.06. The Hall–Kier alpha value is -2.15. The maximum Gasteiger partial charge on any atom is 0.186 e. The summed E-state index contributed by atoms with van der Waals surface area (Å²) in [6.45, 7) is 5.83. The van der Waals surface area contributed by atoms with Gasteiger partial charge in [0.15, 0.2) is 5.69 Å². The van der Waals surface area contributed by atoms with Gasteiger partial charge in [-0.3, -0.25) is 0 Å².